The lowest BCUT2D eigenvalue weighted by Crippen LogP contribution is -2.30. The SMILES string of the molecule is CCc1nccc2c1OC(c1c(Cl)nc(N)nc1N[C@@H]1C[C@H](CO)C[C@H]1O)C2. The standard InChI is InChI=1S/C19H24ClN5O3/c1-2-11-16-10(3-4-22-11)7-14(28-16)15-17(20)24-19(21)25-18(15)23-12-5-9(8-26)6-13(12)27/h3-4,9,12-14,26-27H,2,5-8H2,1H3,(H3,21,23,24,25)/t9-,12+,13+,14?/m0/s1. The molecule has 8 nitrogen and oxygen atoms in total. The Kier molecular flexibility index (Phi) is 5.27. The number of aliphatic hydroxyl groups excluding tert-OH is 2. The summed E-state index contributed by atoms with van der Waals surface area (Å²) in [5.74, 6) is 1.35. The van der Waals surface area contributed by atoms with E-state index >= 15 is 0 Å². The highest BCUT2D eigenvalue weighted by atomic mass is 35.5. The molecule has 150 valence electrons. The van der Waals surface area contributed by atoms with Crippen LogP contribution < -0.4 is 15.8 Å². The van der Waals surface area contributed by atoms with Gasteiger partial charge in [-0.2, -0.15) is 4.98 Å². The average Bonchev–Trinajstić information content (AvgIpc) is 3.24. The van der Waals surface area contributed by atoms with Crippen LogP contribution in [0.1, 0.15) is 42.7 Å². The zero-order chi connectivity index (χ0) is 19.8. The molecule has 9 heteroatoms. The van der Waals surface area contributed by atoms with E-state index in [9.17, 15) is 10.2 Å². The molecule has 0 bridgehead atoms. The maximum Gasteiger partial charge on any atom is 0.223 e. The number of aliphatic hydroxyl groups is 2. The van der Waals surface area contributed by atoms with Crippen LogP contribution in [-0.4, -0.2) is 43.9 Å². The lowest BCUT2D eigenvalue weighted by molar-refractivity contribution is 0.156. The van der Waals surface area contributed by atoms with Crippen LogP contribution in [0.25, 0.3) is 0 Å². The molecule has 2 aromatic rings. The molecule has 4 atom stereocenters. The summed E-state index contributed by atoms with van der Waals surface area (Å²) in [6, 6.07) is 1.69. The second kappa shape index (κ2) is 7.69. The summed E-state index contributed by atoms with van der Waals surface area (Å²) in [5.41, 5.74) is 8.41. The zero-order valence-corrected chi connectivity index (χ0v) is 16.4. The number of aryl methyl sites for hydroxylation is 1. The van der Waals surface area contributed by atoms with E-state index in [1.54, 1.807) is 6.20 Å². The van der Waals surface area contributed by atoms with Crippen LogP contribution in [0, 0.1) is 5.92 Å². The Morgan fingerprint density at radius 1 is 1.36 bits per heavy atom. The summed E-state index contributed by atoms with van der Waals surface area (Å²) in [6.07, 6.45) is 3.39. The van der Waals surface area contributed by atoms with Crippen LogP contribution in [0.3, 0.4) is 0 Å². The number of nitrogens with two attached hydrogens (primary N) is 1. The van der Waals surface area contributed by atoms with Gasteiger partial charge in [0.05, 0.1) is 23.4 Å². The fraction of sp³-hybridized carbons (Fsp3) is 0.526. The summed E-state index contributed by atoms with van der Waals surface area (Å²) < 4.78 is 6.20. The third-order valence-electron chi connectivity index (χ3n) is 5.51. The molecule has 0 amide bonds. The van der Waals surface area contributed by atoms with Gasteiger partial charge in [-0.15, -0.1) is 0 Å². The van der Waals surface area contributed by atoms with E-state index in [0.29, 0.717) is 30.6 Å². The van der Waals surface area contributed by atoms with E-state index in [-0.39, 0.29) is 35.8 Å². The predicted octanol–water partition coefficient (Wildman–Crippen LogP) is 1.89. The summed E-state index contributed by atoms with van der Waals surface area (Å²) in [4.78, 5) is 12.8. The summed E-state index contributed by atoms with van der Waals surface area (Å²) in [7, 11) is 0. The summed E-state index contributed by atoms with van der Waals surface area (Å²) >= 11 is 6.44. The topological polar surface area (TPSA) is 126 Å². The van der Waals surface area contributed by atoms with E-state index in [1.165, 1.54) is 0 Å². The van der Waals surface area contributed by atoms with Gasteiger partial charge in [-0.1, -0.05) is 18.5 Å². The van der Waals surface area contributed by atoms with Crippen molar-refractivity contribution in [3.8, 4) is 5.75 Å². The van der Waals surface area contributed by atoms with Crippen molar-refractivity contribution in [1.82, 2.24) is 15.0 Å². The fourth-order valence-corrected chi connectivity index (χ4v) is 4.39. The van der Waals surface area contributed by atoms with Crippen LogP contribution in [0.2, 0.25) is 5.15 Å². The first-order valence-corrected chi connectivity index (χ1v) is 9.89. The molecule has 3 heterocycles. The van der Waals surface area contributed by atoms with Crippen LogP contribution in [-0.2, 0) is 12.8 Å². The van der Waals surface area contributed by atoms with Gasteiger partial charge in [-0.3, -0.25) is 4.98 Å². The molecular formula is C19H24ClN5O3. The second-order valence-electron chi connectivity index (χ2n) is 7.38. The lowest BCUT2D eigenvalue weighted by atomic mass is 10.0. The van der Waals surface area contributed by atoms with Gasteiger partial charge in [-0.25, -0.2) is 4.98 Å². The Morgan fingerprint density at radius 2 is 2.18 bits per heavy atom. The highest BCUT2D eigenvalue weighted by Crippen LogP contribution is 2.43. The van der Waals surface area contributed by atoms with E-state index < -0.39 is 6.10 Å². The lowest BCUT2D eigenvalue weighted by Gasteiger charge is -2.22. The third kappa shape index (κ3) is 3.47. The summed E-state index contributed by atoms with van der Waals surface area (Å²) in [5, 5.41) is 23.2. The number of fused-ring (bicyclic) bond motifs is 1. The van der Waals surface area contributed by atoms with Crippen LogP contribution >= 0.6 is 11.6 Å². The minimum absolute atomic E-state index is 0.0443. The van der Waals surface area contributed by atoms with Crippen molar-refractivity contribution in [2.24, 2.45) is 5.92 Å². The normalized spacial score (nSPS) is 26.1. The van der Waals surface area contributed by atoms with Gasteiger partial charge in [0.2, 0.25) is 5.95 Å². The quantitative estimate of drug-likeness (QED) is 0.555. The first-order chi connectivity index (χ1) is 13.5. The number of hydrogen-bond acceptors (Lipinski definition) is 8. The maximum absolute atomic E-state index is 10.3. The Hall–Kier alpha value is -2.16. The highest BCUT2D eigenvalue weighted by Gasteiger charge is 2.36. The van der Waals surface area contributed by atoms with Gasteiger partial charge in [0.25, 0.3) is 0 Å². The molecule has 5 N–H and O–H groups in total. The predicted molar refractivity (Wildman–Crippen MR) is 105 cm³/mol. The smallest absolute Gasteiger partial charge is 0.223 e. The fourth-order valence-electron chi connectivity index (χ4n) is 4.09. The molecule has 0 aromatic carbocycles. The first-order valence-electron chi connectivity index (χ1n) is 9.51. The number of anilines is 2. The van der Waals surface area contributed by atoms with E-state index in [2.05, 4.69) is 20.3 Å². The largest absolute Gasteiger partial charge is 0.483 e. The molecule has 0 radical (unpaired) electrons. The molecule has 2 aliphatic rings. The van der Waals surface area contributed by atoms with Gasteiger partial charge in [0, 0.05) is 24.8 Å². The number of rotatable bonds is 5. The zero-order valence-electron chi connectivity index (χ0n) is 15.6. The van der Waals surface area contributed by atoms with Gasteiger partial charge < -0.3 is 26.0 Å². The Balaban J connectivity index is 1.65. The monoisotopic (exact) mass is 405 g/mol. The van der Waals surface area contributed by atoms with Crippen molar-refractivity contribution in [1.29, 1.82) is 0 Å². The molecule has 2 aromatic heterocycles. The number of pyridine rings is 1. The van der Waals surface area contributed by atoms with Crippen molar-refractivity contribution >= 4 is 23.4 Å². The van der Waals surface area contributed by atoms with Crippen LogP contribution in [0.4, 0.5) is 11.8 Å². The molecule has 1 unspecified atom stereocenters. The first kappa shape index (κ1) is 19.2. The van der Waals surface area contributed by atoms with Crippen molar-refractivity contribution in [3.05, 3.63) is 34.2 Å². The molecule has 1 fully saturated rings. The molecule has 1 aliphatic carbocycles. The van der Waals surface area contributed by atoms with Gasteiger partial charge in [-0.05, 0) is 31.2 Å². The molecule has 4 rings (SSSR count). The van der Waals surface area contributed by atoms with Crippen molar-refractivity contribution in [3.63, 3.8) is 0 Å². The van der Waals surface area contributed by atoms with Crippen molar-refractivity contribution < 1.29 is 14.9 Å². The number of nitrogens with one attached hydrogen (secondary N) is 1. The molecule has 1 saturated carbocycles. The van der Waals surface area contributed by atoms with E-state index in [4.69, 9.17) is 22.1 Å². The molecule has 28 heavy (non-hydrogen) atoms. The van der Waals surface area contributed by atoms with E-state index in [1.807, 2.05) is 13.0 Å². The highest BCUT2D eigenvalue weighted by molar-refractivity contribution is 6.30. The number of halogens is 1. The molecular weight excluding hydrogens is 382 g/mol. The molecule has 1 aliphatic heterocycles. The van der Waals surface area contributed by atoms with E-state index in [0.717, 1.165) is 23.4 Å². The maximum atomic E-state index is 10.3. The number of ether oxygens (including phenoxy) is 1. The Labute approximate surface area is 168 Å². The Bertz CT molecular complexity index is 881. The number of hydrogen-bond donors (Lipinski definition) is 4. The average molecular weight is 406 g/mol. The van der Waals surface area contributed by atoms with Crippen molar-refractivity contribution in [2.45, 2.75) is 50.9 Å². The number of nitrogens with zero attached hydrogens (tertiary/aromatic N) is 3. The number of nitrogen functional groups attached to an aromatic ring is 1. The molecule has 0 spiro atoms. The molecule has 0 saturated heterocycles. The van der Waals surface area contributed by atoms with Gasteiger partial charge in [0.1, 0.15) is 22.8 Å². The van der Waals surface area contributed by atoms with Gasteiger partial charge in [0.15, 0.2) is 0 Å². The Morgan fingerprint density at radius 3 is 2.89 bits per heavy atom. The minimum Gasteiger partial charge on any atom is -0.483 e. The second-order valence-corrected chi connectivity index (χ2v) is 7.74. The summed E-state index contributed by atoms with van der Waals surface area (Å²) in [6.45, 7) is 2.08. The van der Waals surface area contributed by atoms with Crippen molar-refractivity contribution in [2.75, 3.05) is 17.7 Å². The third-order valence-corrected chi connectivity index (χ3v) is 5.79. The van der Waals surface area contributed by atoms with Gasteiger partial charge >= 0.3 is 0 Å². The van der Waals surface area contributed by atoms with Crippen LogP contribution in [0.5, 0.6) is 5.75 Å². The van der Waals surface area contributed by atoms with Crippen LogP contribution in [0.15, 0.2) is 12.3 Å². The number of aromatic nitrogens is 3. The minimum atomic E-state index is -0.586.